The van der Waals surface area contributed by atoms with E-state index in [0.717, 1.165) is 12.0 Å². The number of anilines is 1. The van der Waals surface area contributed by atoms with Gasteiger partial charge in [-0.3, -0.25) is 0 Å². The Balaban J connectivity index is 2.29. The van der Waals surface area contributed by atoms with Crippen LogP contribution in [0, 0.1) is 5.82 Å². The number of halogens is 1. The summed E-state index contributed by atoms with van der Waals surface area (Å²) < 4.78 is 18.5. The molecule has 0 saturated heterocycles. The average Bonchev–Trinajstić information content (AvgIpc) is 2.44. The molecule has 76 valence electrons. The Hall–Kier alpha value is -1.09. The molecular weight excluding hydrogens is 181 g/mol. The van der Waals surface area contributed by atoms with Gasteiger partial charge in [-0.25, -0.2) is 4.39 Å². The van der Waals surface area contributed by atoms with Crippen LogP contribution in [0.4, 0.5) is 10.1 Å². The molecule has 1 aliphatic rings. The standard InChI is InChI=1S/C11H14FNO/c1-11(7-14-2)6-8-4-3-5-9(12)10(8)13-11/h3-5,13H,6-7H2,1-2H3. The van der Waals surface area contributed by atoms with Crippen LogP contribution in [0.3, 0.4) is 0 Å². The molecule has 0 radical (unpaired) electrons. The molecule has 1 aromatic rings. The summed E-state index contributed by atoms with van der Waals surface area (Å²) in [6.07, 6.45) is 0.813. The molecular formula is C11H14FNO. The minimum Gasteiger partial charge on any atom is -0.382 e. The Bertz CT molecular complexity index is 353. The van der Waals surface area contributed by atoms with E-state index >= 15 is 0 Å². The third kappa shape index (κ3) is 1.48. The molecule has 0 amide bonds. The van der Waals surface area contributed by atoms with Crippen molar-refractivity contribution in [1.29, 1.82) is 0 Å². The lowest BCUT2D eigenvalue weighted by atomic mass is 9.99. The average molecular weight is 195 g/mol. The van der Waals surface area contributed by atoms with Crippen molar-refractivity contribution in [2.24, 2.45) is 0 Å². The minimum absolute atomic E-state index is 0.167. The second-order valence-corrected chi connectivity index (χ2v) is 4.07. The molecule has 1 atom stereocenters. The third-order valence-electron chi connectivity index (χ3n) is 2.57. The molecule has 1 aliphatic heterocycles. The number of rotatable bonds is 2. The van der Waals surface area contributed by atoms with E-state index in [4.69, 9.17) is 4.74 Å². The molecule has 2 nitrogen and oxygen atoms in total. The maximum atomic E-state index is 13.4. The predicted octanol–water partition coefficient (Wildman–Crippen LogP) is 2.20. The van der Waals surface area contributed by atoms with Crippen LogP contribution in [0.1, 0.15) is 12.5 Å². The quantitative estimate of drug-likeness (QED) is 0.781. The zero-order valence-corrected chi connectivity index (χ0v) is 8.43. The highest BCUT2D eigenvalue weighted by molar-refractivity contribution is 5.59. The van der Waals surface area contributed by atoms with E-state index in [1.54, 1.807) is 13.2 Å². The molecule has 0 bridgehead atoms. The van der Waals surface area contributed by atoms with Crippen LogP contribution in [0.15, 0.2) is 18.2 Å². The summed E-state index contributed by atoms with van der Waals surface area (Å²) in [5, 5.41) is 3.18. The number of benzene rings is 1. The van der Waals surface area contributed by atoms with Crippen molar-refractivity contribution < 1.29 is 9.13 Å². The number of hydrogen-bond donors (Lipinski definition) is 1. The Morgan fingerprint density at radius 3 is 3.00 bits per heavy atom. The molecule has 3 heteroatoms. The highest BCUT2D eigenvalue weighted by Crippen LogP contribution is 2.34. The molecule has 1 unspecified atom stereocenters. The summed E-state index contributed by atoms with van der Waals surface area (Å²) in [6, 6.07) is 5.17. The number of fused-ring (bicyclic) bond motifs is 1. The van der Waals surface area contributed by atoms with E-state index in [1.807, 2.05) is 13.0 Å². The molecule has 1 N–H and O–H groups in total. The summed E-state index contributed by atoms with van der Waals surface area (Å²) in [5.74, 6) is -0.178. The molecule has 0 aromatic heterocycles. The maximum absolute atomic E-state index is 13.4. The van der Waals surface area contributed by atoms with Crippen LogP contribution in [0.5, 0.6) is 0 Å². The summed E-state index contributed by atoms with van der Waals surface area (Å²) >= 11 is 0. The zero-order chi connectivity index (χ0) is 10.2. The van der Waals surface area contributed by atoms with Gasteiger partial charge in [-0.1, -0.05) is 12.1 Å². The lowest BCUT2D eigenvalue weighted by molar-refractivity contribution is 0.153. The highest BCUT2D eigenvalue weighted by atomic mass is 19.1. The van der Waals surface area contributed by atoms with E-state index in [1.165, 1.54) is 6.07 Å². The van der Waals surface area contributed by atoms with Crippen molar-refractivity contribution in [3.8, 4) is 0 Å². The van der Waals surface area contributed by atoms with Gasteiger partial charge in [0, 0.05) is 7.11 Å². The maximum Gasteiger partial charge on any atom is 0.146 e. The third-order valence-corrected chi connectivity index (χ3v) is 2.57. The van der Waals surface area contributed by atoms with Gasteiger partial charge in [0.05, 0.1) is 17.8 Å². The van der Waals surface area contributed by atoms with Crippen LogP contribution in [-0.2, 0) is 11.2 Å². The van der Waals surface area contributed by atoms with Crippen LogP contribution in [-0.4, -0.2) is 19.3 Å². The normalized spacial score (nSPS) is 24.5. The van der Waals surface area contributed by atoms with Crippen molar-refractivity contribution in [3.05, 3.63) is 29.6 Å². The SMILES string of the molecule is COCC1(C)Cc2cccc(F)c2N1. The largest absolute Gasteiger partial charge is 0.382 e. The van der Waals surface area contributed by atoms with Crippen molar-refractivity contribution in [3.63, 3.8) is 0 Å². The first-order chi connectivity index (χ1) is 6.64. The van der Waals surface area contributed by atoms with E-state index in [-0.39, 0.29) is 11.4 Å². The number of ether oxygens (including phenoxy) is 1. The smallest absolute Gasteiger partial charge is 0.146 e. The van der Waals surface area contributed by atoms with Gasteiger partial charge in [0.2, 0.25) is 0 Å². The molecule has 14 heavy (non-hydrogen) atoms. The second-order valence-electron chi connectivity index (χ2n) is 4.07. The lowest BCUT2D eigenvalue weighted by Gasteiger charge is -2.23. The number of para-hydroxylation sites is 1. The molecule has 0 spiro atoms. The minimum atomic E-state index is -0.178. The molecule has 1 heterocycles. The molecule has 1 aromatic carbocycles. The first kappa shape index (κ1) is 9.46. The van der Waals surface area contributed by atoms with Gasteiger partial charge in [-0.2, -0.15) is 0 Å². The number of nitrogens with one attached hydrogen (secondary N) is 1. The first-order valence-corrected chi connectivity index (χ1v) is 4.69. The van der Waals surface area contributed by atoms with Gasteiger partial charge in [-0.05, 0) is 25.0 Å². The van der Waals surface area contributed by atoms with Crippen LogP contribution in [0.25, 0.3) is 0 Å². The van der Waals surface area contributed by atoms with E-state index in [9.17, 15) is 4.39 Å². The molecule has 0 aliphatic carbocycles. The fraction of sp³-hybridized carbons (Fsp3) is 0.455. The Kier molecular flexibility index (Phi) is 2.19. The second kappa shape index (κ2) is 3.24. The fourth-order valence-electron chi connectivity index (χ4n) is 2.03. The van der Waals surface area contributed by atoms with Crippen molar-refractivity contribution in [1.82, 2.24) is 0 Å². The predicted molar refractivity (Wildman–Crippen MR) is 54.0 cm³/mol. The topological polar surface area (TPSA) is 21.3 Å². The van der Waals surface area contributed by atoms with Gasteiger partial charge < -0.3 is 10.1 Å². The van der Waals surface area contributed by atoms with E-state index in [2.05, 4.69) is 5.32 Å². The van der Waals surface area contributed by atoms with Crippen molar-refractivity contribution >= 4 is 5.69 Å². The summed E-state index contributed by atoms with van der Waals surface area (Å²) in [5.41, 5.74) is 1.50. The fourth-order valence-corrected chi connectivity index (χ4v) is 2.03. The highest BCUT2D eigenvalue weighted by Gasteiger charge is 2.33. The molecule has 2 rings (SSSR count). The summed E-state index contributed by atoms with van der Waals surface area (Å²) in [6.45, 7) is 2.62. The Morgan fingerprint density at radius 2 is 2.36 bits per heavy atom. The lowest BCUT2D eigenvalue weighted by Crippen LogP contribution is -2.37. The van der Waals surface area contributed by atoms with Crippen LogP contribution in [0.2, 0.25) is 0 Å². The molecule has 0 saturated carbocycles. The summed E-state index contributed by atoms with van der Waals surface area (Å²) in [4.78, 5) is 0. The van der Waals surface area contributed by atoms with E-state index < -0.39 is 0 Å². The first-order valence-electron chi connectivity index (χ1n) is 4.69. The Labute approximate surface area is 83.1 Å². The monoisotopic (exact) mass is 195 g/mol. The van der Waals surface area contributed by atoms with E-state index in [0.29, 0.717) is 12.3 Å². The molecule has 0 fully saturated rings. The van der Waals surface area contributed by atoms with Crippen molar-refractivity contribution in [2.45, 2.75) is 18.9 Å². The van der Waals surface area contributed by atoms with Gasteiger partial charge in [0.25, 0.3) is 0 Å². The van der Waals surface area contributed by atoms with Gasteiger partial charge in [0.1, 0.15) is 5.82 Å². The summed E-state index contributed by atoms with van der Waals surface area (Å²) in [7, 11) is 1.66. The van der Waals surface area contributed by atoms with Gasteiger partial charge in [-0.15, -0.1) is 0 Å². The van der Waals surface area contributed by atoms with Crippen LogP contribution >= 0.6 is 0 Å². The number of hydrogen-bond acceptors (Lipinski definition) is 2. The Morgan fingerprint density at radius 1 is 1.57 bits per heavy atom. The van der Waals surface area contributed by atoms with Gasteiger partial charge >= 0.3 is 0 Å². The van der Waals surface area contributed by atoms with Crippen LogP contribution < -0.4 is 5.32 Å². The van der Waals surface area contributed by atoms with Crippen molar-refractivity contribution in [2.75, 3.05) is 19.0 Å². The van der Waals surface area contributed by atoms with Gasteiger partial charge in [0.15, 0.2) is 0 Å². The number of methoxy groups -OCH3 is 1. The zero-order valence-electron chi connectivity index (χ0n) is 8.43.